The van der Waals surface area contributed by atoms with Gasteiger partial charge in [-0.15, -0.1) is 0 Å². The molecule has 0 atom stereocenters. The molecule has 0 bridgehead atoms. The molecule has 5 heteroatoms. The third-order valence-corrected chi connectivity index (χ3v) is 0.489. The molecule has 0 heterocycles. The monoisotopic (exact) mass is 125 g/mol. The number of amides is 1. The predicted molar refractivity (Wildman–Crippen MR) is 24.3 cm³/mol. The molecule has 0 aliphatic rings. The van der Waals surface area contributed by atoms with Crippen LogP contribution in [0.5, 0.6) is 0 Å². The third-order valence-electron chi connectivity index (χ3n) is 0.325. The van der Waals surface area contributed by atoms with Crippen molar-refractivity contribution in [1.29, 1.82) is 0 Å². The molecule has 0 saturated carbocycles. The Morgan fingerprint density at radius 1 is 2.00 bits per heavy atom. The summed E-state index contributed by atoms with van der Waals surface area (Å²) < 4.78 is 14.7. The molecule has 0 radical (unpaired) electrons. The number of hydrogen-bond acceptors (Lipinski definition) is 3. The summed E-state index contributed by atoms with van der Waals surface area (Å²) in [5, 5.41) is 0. The fourth-order valence-electron chi connectivity index (χ4n) is 0.0753. The van der Waals surface area contributed by atoms with Crippen molar-refractivity contribution in [1.82, 2.24) is 4.53 Å². The van der Waals surface area contributed by atoms with E-state index in [2.05, 4.69) is 17.6 Å². The minimum absolute atomic E-state index is 0.444. The second kappa shape index (κ2) is 2.68. The van der Waals surface area contributed by atoms with Gasteiger partial charge in [-0.05, 0) is 12.8 Å². The maximum atomic E-state index is 11.3. The standard InChI is InChI=1S/C2H4FNO2S/c1-6-2(5)4(3)7/h7H,1H3. The Morgan fingerprint density at radius 2 is 2.43 bits per heavy atom. The summed E-state index contributed by atoms with van der Waals surface area (Å²) in [6, 6.07) is 0. The van der Waals surface area contributed by atoms with Gasteiger partial charge in [0.2, 0.25) is 0 Å². The summed E-state index contributed by atoms with van der Waals surface area (Å²) in [6.45, 7) is 0. The molecule has 0 aromatic carbocycles. The number of carbonyl (C=O) groups is 1. The number of halogens is 1. The van der Waals surface area contributed by atoms with Crippen LogP contribution in [0, 0.1) is 0 Å². The zero-order valence-corrected chi connectivity index (χ0v) is 4.48. The van der Waals surface area contributed by atoms with E-state index in [9.17, 15) is 9.28 Å². The minimum atomic E-state index is -1.12. The number of methoxy groups -OCH3 is 1. The molecule has 1 amide bonds. The summed E-state index contributed by atoms with van der Waals surface area (Å²) >= 11 is 2.97. The van der Waals surface area contributed by atoms with Gasteiger partial charge in [-0.3, -0.25) is 0 Å². The summed E-state index contributed by atoms with van der Waals surface area (Å²) in [7, 11) is 1.06. The first kappa shape index (κ1) is 6.55. The van der Waals surface area contributed by atoms with E-state index in [0.717, 1.165) is 7.11 Å². The van der Waals surface area contributed by atoms with Crippen LogP contribution in [0.3, 0.4) is 0 Å². The van der Waals surface area contributed by atoms with E-state index in [0.29, 0.717) is 0 Å². The van der Waals surface area contributed by atoms with Crippen molar-refractivity contribution < 1.29 is 14.0 Å². The molecule has 3 nitrogen and oxygen atoms in total. The van der Waals surface area contributed by atoms with Gasteiger partial charge in [0.1, 0.15) is 0 Å². The Balaban J connectivity index is 3.35. The molecule has 0 aliphatic heterocycles. The van der Waals surface area contributed by atoms with Crippen LogP contribution < -0.4 is 0 Å². The maximum Gasteiger partial charge on any atom is 0.448 e. The van der Waals surface area contributed by atoms with Crippen molar-refractivity contribution >= 4 is 18.9 Å². The van der Waals surface area contributed by atoms with Gasteiger partial charge in [0.15, 0.2) is 0 Å². The SMILES string of the molecule is COC(=O)N(F)S. The zero-order chi connectivity index (χ0) is 5.86. The van der Waals surface area contributed by atoms with E-state index in [1.54, 1.807) is 0 Å². The Kier molecular flexibility index (Phi) is 2.51. The van der Waals surface area contributed by atoms with Gasteiger partial charge in [-0.1, -0.05) is 9.01 Å². The molecule has 0 unspecified atom stereocenters. The average Bonchev–Trinajstić information content (AvgIpc) is 1.65. The average molecular weight is 125 g/mol. The number of ether oxygens (including phenoxy) is 1. The molecular weight excluding hydrogens is 121 g/mol. The van der Waals surface area contributed by atoms with Gasteiger partial charge in [0, 0.05) is 0 Å². The van der Waals surface area contributed by atoms with Gasteiger partial charge in [0.05, 0.1) is 7.11 Å². The van der Waals surface area contributed by atoms with E-state index in [-0.39, 0.29) is 0 Å². The van der Waals surface area contributed by atoms with Gasteiger partial charge >= 0.3 is 6.09 Å². The van der Waals surface area contributed by atoms with Gasteiger partial charge < -0.3 is 4.74 Å². The largest absolute Gasteiger partial charge is 0.450 e. The first-order valence-corrected chi connectivity index (χ1v) is 1.81. The highest BCUT2D eigenvalue weighted by atomic mass is 32.1. The molecule has 7 heavy (non-hydrogen) atoms. The molecule has 0 fully saturated rings. The van der Waals surface area contributed by atoms with E-state index in [1.165, 1.54) is 0 Å². The van der Waals surface area contributed by atoms with Crippen molar-refractivity contribution in [2.45, 2.75) is 0 Å². The molecule has 42 valence electrons. The molecule has 0 aromatic rings. The number of nitrogens with zero attached hydrogens (tertiary/aromatic N) is 1. The molecule has 0 rings (SSSR count). The van der Waals surface area contributed by atoms with Gasteiger partial charge in [0.25, 0.3) is 0 Å². The highest BCUT2D eigenvalue weighted by molar-refractivity contribution is 7.78. The zero-order valence-electron chi connectivity index (χ0n) is 3.59. The van der Waals surface area contributed by atoms with Crippen molar-refractivity contribution in [2.24, 2.45) is 0 Å². The van der Waals surface area contributed by atoms with Crippen molar-refractivity contribution in [2.75, 3.05) is 7.11 Å². The van der Waals surface area contributed by atoms with E-state index >= 15 is 0 Å². The number of rotatable bonds is 0. The molecule has 0 aliphatic carbocycles. The van der Waals surface area contributed by atoms with Crippen LogP contribution in [-0.4, -0.2) is 17.7 Å². The van der Waals surface area contributed by atoms with Crippen molar-refractivity contribution in [3.8, 4) is 0 Å². The Hall–Kier alpha value is -0.450. The van der Waals surface area contributed by atoms with Crippen LogP contribution in [0.25, 0.3) is 0 Å². The van der Waals surface area contributed by atoms with Crippen LogP contribution in [0.2, 0.25) is 0 Å². The third kappa shape index (κ3) is 2.27. The predicted octanol–water partition coefficient (Wildman–Crippen LogP) is 0.784. The Labute approximate surface area is 45.5 Å². The number of carbonyl (C=O) groups excluding carboxylic acids is 1. The smallest absolute Gasteiger partial charge is 0.448 e. The van der Waals surface area contributed by atoms with Crippen LogP contribution in [-0.2, 0) is 4.74 Å². The fraction of sp³-hybridized carbons (Fsp3) is 0.500. The molecule has 0 N–H and O–H groups in total. The lowest BCUT2D eigenvalue weighted by Gasteiger charge is -1.97. The highest BCUT2D eigenvalue weighted by Gasteiger charge is 2.04. The second-order valence-electron chi connectivity index (χ2n) is 0.730. The number of hydrogen-bond donors (Lipinski definition) is 1. The lowest BCUT2D eigenvalue weighted by atomic mass is 11.2. The lowest BCUT2D eigenvalue weighted by molar-refractivity contribution is 0.0941. The molecule has 0 saturated heterocycles. The minimum Gasteiger partial charge on any atom is -0.450 e. The highest BCUT2D eigenvalue weighted by Crippen LogP contribution is 1.94. The first-order chi connectivity index (χ1) is 3.18. The van der Waals surface area contributed by atoms with E-state index in [4.69, 9.17) is 0 Å². The van der Waals surface area contributed by atoms with E-state index < -0.39 is 10.6 Å². The van der Waals surface area contributed by atoms with Crippen LogP contribution in [0.4, 0.5) is 9.28 Å². The van der Waals surface area contributed by atoms with Gasteiger partial charge in [-0.2, -0.15) is 0 Å². The molecule has 0 spiro atoms. The lowest BCUT2D eigenvalue weighted by Crippen LogP contribution is -2.10. The van der Waals surface area contributed by atoms with Crippen molar-refractivity contribution in [3.05, 3.63) is 0 Å². The summed E-state index contributed by atoms with van der Waals surface area (Å²) in [4.78, 5) is 9.76. The quantitative estimate of drug-likeness (QED) is 0.383. The summed E-state index contributed by atoms with van der Waals surface area (Å²) in [5.74, 6) is 0. The van der Waals surface area contributed by atoms with Crippen LogP contribution in [0.15, 0.2) is 0 Å². The fourth-order valence-corrected chi connectivity index (χ4v) is 0.157. The van der Waals surface area contributed by atoms with E-state index in [1.807, 2.05) is 0 Å². The van der Waals surface area contributed by atoms with Gasteiger partial charge in [-0.25, -0.2) is 4.79 Å². The topological polar surface area (TPSA) is 29.5 Å². The summed E-state index contributed by atoms with van der Waals surface area (Å²) in [5.41, 5.74) is 0. The first-order valence-electron chi connectivity index (χ1n) is 1.41. The van der Waals surface area contributed by atoms with Crippen LogP contribution >= 0.6 is 12.8 Å². The normalized spacial score (nSPS) is 7.86. The summed E-state index contributed by atoms with van der Waals surface area (Å²) in [6.07, 6.45) is -1.12. The Morgan fingerprint density at radius 3 is 2.43 bits per heavy atom. The second-order valence-corrected chi connectivity index (χ2v) is 1.08. The van der Waals surface area contributed by atoms with Crippen molar-refractivity contribution in [3.63, 3.8) is 0 Å². The van der Waals surface area contributed by atoms with Crippen LogP contribution in [0.1, 0.15) is 0 Å². The Bertz CT molecular complexity index is 76.1. The number of thiol groups is 1. The molecule has 0 aromatic heterocycles. The maximum absolute atomic E-state index is 11.3. The molecular formula is C2H4FNO2S.